The zero-order chi connectivity index (χ0) is 19.9. The standard InChI is InChI=1S/C26H26O2/c1-3-15-25(23-17-9-7-10-18-23)27-21-13-5-6-14-22-28-26(16-4-2)24-19-11-8-12-20-24/h3-4,7-12,17-20,25-26H,1-2,15-16,21-22H2. The van der Waals surface area contributed by atoms with Crippen molar-refractivity contribution in [3.05, 3.63) is 97.1 Å². The number of rotatable bonds is 10. The number of hydrogen-bond donors (Lipinski definition) is 0. The first kappa shape index (κ1) is 21.3. The van der Waals surface area contributed by atoms with E-state index < -0.39 is 0 Å². The van der Waals surface area contributed by atoms with Crippen LogP contribution < -0.4 is 0 Å². The topological polar surface area (TPSA) is 18.5 Å². The first-order valence-corrected chi connectivity index (χ1v) is 9.35. The average Bonchev–Trinajstić information content (AvgIpc) is 2.75. The van der Waals surface area contributed by atoms with E-state index in [1.54, 1.807) is 0 Å². The summed E-state index contributed by atoms with van der Waals surface area (Å²) in [7, 11) is 0. The lowest BCUT2D eigenvalue weighted by Crippen LogP contribution is -2.04. The summed E-state index contributed by atoms with van der Waals surface area (Å²) in [5.41, 5.74) is 2.25. The van der Waals surface area contributed by atoms with Crippen molar-refractivity contribution in [3.63, 3.8) is 0 Å². The van der Waals surface area contributed by atoms with Gasteiger partial charge in [-0.2, -0.15) is 0 Å². The Balaban J connectivity index is 1.79. The predicted molar refractivity (Wildman–Crippen MR) is 115 cm³/mol. The van der Waals surface area contributed by atoms with E-state index in [4.69, 9.17) is 9.47 Å². The molecule has 2 heteroatoms. The predicted octanol–water partition coefficient (Wildman–Crippen LogP) is 5.66. The van der Waals surface area contributed by atoms with Gasteiger partial charge in [0.1, 0.15) is 13.2 Å². The summed E-state index contributed by atoms with van der Waals surface area (Å²) in [4.78, 5) is 0. The van der Waals surface area contributed by atoms with Crippen LogP contribution in [0.5, 0.6) is 0 Å². The normalized spacial score (nSPS) is 11.9. The van der Waals surface area contributed by atoms with Gasteiger partial charge in [0.15, 0.2) is 0 Å². The average molecular weight is 370 g/mol. The zero-order valence-electron chi connectivity index (χ0n) is 16.1. The van der Waals surface area contributed by atoms with Gasteiger partial charge in [0.25, 0.3) is 0 Å². The van der Waals surface area contributed by atoms with Crippen molar-refractivity contribution in [1.29, 1.82) is 0 Å². The Bertz CT molecular complexity index is 758. The molecule has 0 fully saturated rings. The first-order chi connectivity index (χ1) is 13.8. The molecule has 28 heavy (non-hydrogen) atoms. The van der Waals surface area contributed by atoms with E-state index in [-0.39, 0.29) is 12.2 Å². The van der Waals surface area contributed by atoms with Crippen LogP contribution in [0.3, 0.4) is 0 Å². The molecule has 0 aromatic heterocycles. The Kier molecular flexibility index (Phi) is 10.0. The second-order valence-electron chi connectivity index (χ2n) is 6.07. The monoisotopic (exact) mass is 370 g/mol. The quantitative estimate of drug-likeness (QED) is 0.397. The molecule has 0 saturated heterocycles. The van der Waals surface area contributed by atoms with Crippen LogP contribution in [0.4, 0.5) is 0 Å². The lowest BCUT2D eigenvalue weighted by atomic mass is 10.1. The van der Waals surface area contributed by atoms with Crippen molar-refractivity contribution in [1.82, 2.24) is 0 Å². The van der Waals surface area contributed by atoms with Crippen molar-refractivity contribution < 1.29 is 9.47 Å². The van der Waals surface area contributed by atoms with Crippen molar-refractivity contribution in [2.24, 2.45) is 0 Å². The van der Waals surface area contributed by atoms with Gasteiger partial charge >= 0.3 is 0 Å². The van der Waals surface area contributed by atoms with Crippen LogP contribution >= 0.6 is 0 Å². The molecule has 0 radical (unpaired) electrons. The Hall–Kier alpha value is -3.04. The van der Waals surface area contributed by atoms with Crippen LogP contribution in [0.1, 0.15) is 36.2 Å². The molecular formula is C26H26O2. The van der Waals surface area contributed by atoms with Gasteiger partial charge in [-0.1, -0.05) is 84.7 Å². The van der Waals surface area contributed by atoms with Gasteiger partial charge in [-0.25, -0.2) is 0 Å². The van der Waals surface area contributed by atoms with Gasteiger partial charge in [0.05, 0.1) is 12.2 Å². The molecule has 0 bridgehead atoms. The van der Waals surface area contributed by atoms with Gasteiger partial charge in [0, 0.05) is 0 Å². The summed E-state index contributed by atoms with van der Waals surface area (Å²) in [6.07, 6.45) is 5.14. The number of benzene rings is 2. The van der Waals surface area contributed by atoms with Gasteiger partial charge < -0.3 is 9.47 Å². The highest BCUT2D eigenvalue weighted by molar-refractivity contribution is 5.26. The SMILES string of the molecule is C=CCC(OCC#CC#CCOC(CC=C)c1ccccc1)c1ccccc1. The zero-order valence-corrected chi connectivity index (χ0v) is 16.1. The summed E-state index contributed by atoms with van der Waals surface area (Å²) in [5, 5.41) is 0. The van der Waals surface area contributed by atoms with E-state index in [1.165, 1.54) is 0 Å². The van der Waals surface area contributed by atoms with E-state index in [0.29, 0.717) is 13.2 Å². The van der Waals surface area contributed by atoms with Crippen molar-refractivity contribution in [2.45, 2.75) is 25.0 Å². The minimum absolute atomic E-state index is 0.0326. The maximum atomic E-state index is 5.85. The largest absolute Gasteiger partial charge is 0.361 e. The molecular weight excluding hydrogens is 344 g/mol. The third kappa shape index (κ3) is 7.68. The summed E-state index contributed by atoms with van der Waals surface area (Å²) < 4.78 is 11.7. The first-order valence-electron chi connectivity index (χ1n) is 9.35. The van der Waals surface area contributed by atoms with E-state index in [2.05, 4.69) is 36.8 Å². The Labute approximate surface area is 168 Å². The van der Waals surface area contributed by atoms with Gasteiger partial charge in [0.2, 0.25) is 0 Å². The lowest BCUT2D eigenvalue weighted by molar-refractivity contribution is 0.0800. The fourth-order valence-electron chi connectivity index (χ4n) is 2.68. The van der Waals surface area contributed by atoms with Crippen molar-refractivity contribution in [2.75, 3.05) is 13.2 Å². The van der Waals surface area contributed by atoms with Crippen LogP contribution in [0.15, 0.2) is 86.0 Å². The summed E-state index contributed by atoms with van der Waals surface area (Å²) >= 11 is 0. The van der Waals surface area contributed by atoms with Crippen molar-refractivity contribution in [3.8, 4) is 23.7 Å². The lowest BCUT2D eigenvalue weighted by Gasteiger charge is -2.14. The molecule has 2 unspecified atom stereocenters. The van der Waals surface area contributed by atoms with Crippen LogP contribution in [0, 0.1) is 23.7 Å². The van der Waals surface area contributed by atoms with Gasteiger partial charge in [-0.05, 0) is 35.8 Å². The Morgan fingerprint density at radius 2 is 1.07 bits per heavy atom. The highest BCUT2D eigenvalue weighted by Gasteiger charge is 2.09. The highest BCUT2D eigenvalue weighted by atomic mass is 16.5. The molecule has 0 saturated carbocycles. The molecule has 2 nitrogen and oxygen atoms in total. The number of ether oxygens (including phenoxy) is 2. The molecule has 0 aliphatic carbocycles. The molecule has 0 aliphatic rings. The molecule has 2 atom stereocenters. The van der Waals surface area contributed by atoms with Gasteiger partial charge in [-0.15, -0.1) is 13.2 Å². The van der Waals surface area contributed by atoms with Gasteiger partial charge in [-0.3, -0.25) is 0 Å². The van der Waals surface area contributed by atoms with Crippen LogP contribution in [0.25, 0.3) is 0 Å². The molecule has 2 rings (SSSR count). The second kappa shape index (κ2) is 13.2. The van der Waals surface area contributed by atoms with Crippen LogP contribution in [0.2, 0.25) is 0 Å². The molecule has 0 N–H and O–H groups in total. The van der Waals surface area contributed by atoms with E-state index in [0.717, 1.165) is 24.0 Å². The Morgan fingerprint density at radius 1 is 0.679 bits per heavy atom. The van der Waals surface area contributed by atoms with Crippen LogP contribution in [-0.4, -0.2) is 13.2 Å². The maximum absolute atomic E-state index is 5.85. The van der Waals surface area contributed by atoms with Crippen molar-refractivity contribution >= 4 is 0 Å². The molecule has 0 heterocycles. The molecule has 0 aliphatic heterocycles. The third-order valence-electron chi connectivity index (χ3n) is 4.06. The molecule has 142 valence electrons. The van der Waals surface area contributed by atoms with E-state index in [1.807, 2.05) is 72.8 Å². The van der Waals surface area contributed by atoms with Crippen LogP contribution in [-0.2, 0) is 9.47 Å². The molecule has 2 aromatic carbocycles. The molecule has 0 amide bonds. The van der Waals surface area contributed by atoms with E-state index in [9.17, 15) is 0 Å². The highest BCUT2D eigenvalue weighted by Crippen LogP contribution is 2.21. The fourth-order valence-corrected chi connectivity index (χ4v) is 2.68. The smallest absolute Gasteiger partial charge is 0.109 e. The summed E-state index contributed by atoms with van der Waals surface area (Å²) in [5.74, 6) is 11.5. The summed E-state index contributed by atoms with van der Waals surface area (Å²) in [6, 6.07) is 20.2. The molecule has 0 spiro atoms. The summed E-state index contributed by atoms with van der Waals surface area (Å²) in [6.45, 7) is 8.24. The number of hydrogen-bond acceptors (Lipinski definition) is 2. The molecule has 2 aromatic rings. The maximum Gasteiger partial charge on any atom is 0.109 e. The Morgan fingerprint density at radius 3 is 1.43 bits per heavy atom. The minimum atomic E-state index is -0.0326. The minimum Gasteiger partial charge on any atom is -0.361 e. The van der Waals surface area contributed by atoms with E-state index >= 15 is 0 Å². The fraction of sp³-hybridized carbons (Fsp3) is 0.231. The third-order valence-corrected chi connectivity index (χ3v) is 4.06. The second-order valence-corrected chi connectivity index (χ2v) is 6.07.